The number of ether oxygens (including phenoxy) is 1. The number of hydrogen-bond donors (Lipinski definition) is 1. The van der Waals surface area contributed by atoms with Crippen molar-refractivity contribution in [3.8, 4) is 5.75 Å². The molecular weight excluding hydrogens is 244 g/mol. The first kappa shape index (κ1) is 11.7. The van der Waals surface area contributed by atoms with Crippen LogP contribution in [0, 0.1) is 6.92 Å². The number of aromatic nitrogens is 1. The molecule has 1 aliphatic heterocycles. The van der Waals surface area contributed by atoms with Gasteiger partial charge in [-0.05, 0) is 13.0 Å². The smallest absolute Gasteiger partial charge is 0.124 e. The topological polar surface area (TPSA) is 34.2 Å². The highest BCUT2D eigenvalue weighted by molar-refractivity contribution is 7.09. The van der Waals surface area contributed by atoms with Crippen molar-refractivity contribution in [1.29, 1.82) is 0 Å². The maximum atomic E-state index is 5.66. The third kappa shape index (κ3) is 2.26. The number of fused-ring (bicyclic) bond motifs is 1. The molecule has 4 heteroatoms. The number of hydrogen-bond acceptors (Lipinski definition) is 4. The molecule has 94 valence electrons. The summed E-state index contributed by atoms with van der Waals surface area (Å²) < 4.78 is 5.66. The van der Waals surface area contributed by atoms with E-state index in [0.717, 1.165) is 31.0 Å². The lowest BCUT2D eigenvalue weighted by molar-refractivity contribution is 0.252. The van der Waals surface area contributed by atoms with Gasteiger partial charge < -0.3 is 10.1 Å². The third-order valence-corrected chi connectivity index (χ3v) is 4.25. The fourth-order valence-corrected chi connectivity index (χ4v) is 2.99. The van der Waals surface area contributed by atoms with Gasteiger partial charge in [-0.3, -0.25) is 0 Å². The number of para-hydroxylation sites is 1. The maximum absolute atomic E-state index is 5.66. The Kier molecular flexibility index (Phi) is 3.30. The number of rotatable bonds is 3. The van der Waals surface area contributed by atoms with Crippen molar-refractivity contribution >= 4 is 11.3 Å². The lowest BCUT2D eigenvalue weighted by Crippen LogP contribution is -2.26. The Balaban J connectivity index is 1.73. The Morgan fingerprint density at radius 3 is 3.17 bits per heavy atom. The second-order valence-corrected chi connectivity index (χ2v) is 5.41. The van der Waals surface area contributed by atoms with Crippen LogP contribution in [0.3, 0.4) is 0 Å². The SMILES string of the molecule is Cc1ncsc1CNC1CCOc2ccccc21. The van der Waals surface area contributed by atoms with E-state index in [1.54, 1.807) is 11.3 Å². The van der Waals surface area contributed by atoms with Crippen molar-refractivity contribution in [1.82, 2.24) is 10.3 Å². The second kappa shape index (κ2) is 5.08. The summed E-state index contributed by atoms with van der Waals surface area (Å²) in [4.78, 5) is 5.60. The van der Waals surface area contributed by atoms with E-state index in [-0.39, 0.29) is 0 Å². The maximum Gasteiger partial charge on any atom is 0.124 e. The largest absolute Gasteiger partial charge is 0.493 e. The zero-order valence-corrected chi connectivity index (χ0v) is 11.2. The van der Waals surface area contributed by atoms with Gasteiger partial charge in [-0.2, -0.15) is 0 Å². The molecule has 1 atom stereocenters. The number of nitrogens with one attached hydrogen (secondary N) is 1. The van der Waals surface area contributed by atoms with E-state index in [2.05, 4.69) is 29.4 Å². The summed E-state index contributed by atoms with van der Waals surface area (Å²) in [7, 11) is 0. The first-order valence-electron chi connectivity index (χ1n) is 6.18. The van der Waals surface area contributed by atoms with Crippen LogP contribution in [0.2, 0.25) is 0 Å². The van der Waals surface area contributed by atoms with Crippen LogP contribution in [0.4, 0.5) is 0 Å². The molecule has 1 aromatic carbocycles. The minimum Gasteiger partial charge on any atom is -0.493 e. The molecule has 18 heavy (non-hydrogen) atoms. The molecule has 1 N–H and O–H groups in total. The average Bonchev–Trinajstić information content (AvgIpc) is 2.82. The zero-order valence-electron chi connectivity index (χ0n) is 10.3. The quantitative estimate of drug-likeness (QED) is 0.921. The summed E-state index contributed by atoms with van der Waals surface area (Å²) in [6.07, 6.45) is 1.02. The van der Waals surface area contributed by atoms with Crippen LogP contribution in [0.5, 0.6) is 5.75 Å². The Labute approximate surface area is 111 Å². The molecule has 0 saturated carbocycles. The fourth-order valence-electron chi connectivity index (χ4n) is 2.27. The van der Waals surface area contributed by atoms with Crippen molar-refractivity contribution in [2.45, 2.75) is 25.9 Å². The first-order chi connectivity index (χ1) is 8.84. The molecule has 1 aliphatic rings. The Bertz CT molecular complexity index is 538. The monoisotopic (exact) mass is 260 g/mol. The third-order valence-electron chi connectivity index (χ3n) is 3.31. The second-order valence-electron chi connectivity index (χ2n) is 4.47. The van der Waals surface area contributed by atoms with E-state index in [0.29, 0.717) is 6.04 Å². The zero-order chi connectivity index (χ0) is 12.4. The molecule has 2 aromatic rings. The van der Waals surface area contributed by atoms with Crippen LogP contribution >= 0.6 is 11.3 Å². The summed E-state index contributed by atoms with van der Waals surface area (Å²) >= 11 is 1.71. The summed E-state index contributed by atoms with van der Waals surface area (Å²) in [6, 6.07) is 8.66. The lowest BCUT2D eigenvalue weighted by atomic mass is 10.0. The van der Waals surface area contributed by atoms with Crippen LogP contribution < -0.4 is 10.1 Å². The highest BCUT2D eigenvalue weighted by atomic mass is 32.1. The van der Waals surface area contributed by atoms with Gasteiger partial charge in [-0.15, -0.1) is 11.3 Å². The summed E-state index contributed by atoms with van der Waals surface area (Å²) in [5.41, 5.74) is 4.31. The minimum atomic E-state index is 0.386. The molecular formula is C14H16N2OS. The summed E-state index contributed by atoms with van der Waals surface area (Å²) in [6.45, 7) is 3.73. The molecule has 0 radical (unpaired) electrons. The van der Waals surface area contributed by atoms with E-state index < -0.39 is 0 Å². The molecule has 1 unspecified atom stereocenters. The standard InChI is InChI=1S/C14H16N2OS/c1-10-14(18-9-16-10)8-15-12-6-7-17-13-5-3-2-4-11(12)13/h2-5,9,12,15H,6-8H2,1H3. The molecule has 0 amide bonds. The van der Waals surface area contributed by atoms with Crippen molar-refractivity contribution in [3.05, 3.63) is 45.9 Å². The van der Waals surface area contributed by atoms with Gasteiger partial charge in [-0.25, -0.2) is 4.98 Å². The van der Waals surface area contributed by atoms with Gasteiger partial charge in [0.25, 0.3) is 0 Å². The molecule has 0 bridgehead atoms. The molecule has 2 heterocycles. The lowest BCUT2D eigenvalue weighted by Gasteiger charge is -2.26. The molecule has 0 aliphatic carbocycles. The van der Waals surface area contributed by atoms with Gasteiger partial charge in [0.1, 0.15) is 5.75 Å². The Morgan fingerprint density at radius 1 is 1.44 bits per heavy atom. The van der Waals surface area contributed by atoms with Crippen LogP contribution in [0.25, 0.3) is 0 Å². The summed E-state index contributed by atoms with van der Waals surface area (Å²) in [5, 5.41) is 3.61. The Hall–Kier alpha value is -1.39. The van der Waals surface area contributed by atoms with Crippen LogP contribution in [0.15, 0.2) is 29.8 Å². The predicted octanol–water partition coefficient (Wildman–Crippen LogP) is 3.06. The van der Waals surface area contributed by atoms with Gasteiger partial charge in [-0.1, -0.05) is 18.2 Å². The normalized spacial score (nSPS) is 18.2. The van der Waals surface area contributed by atoms with Crippen LogP contribution in [0.1, 0.15) is 28.6 Å². The first-order valence-corrected chi connectivity index (χ1v) is 7.06. The minimum absolute atomic E-state index is 0.386. The van der Waals surface area contributed by atoms with E-state index >= 15 is 0 Å². The fraction of sp³-hybridized carbons (Fsp3) is 0.357. The van der Waals surface area contributed by atoms with Gasteiger partial charge in [0.05, 0.1) is 17.8 Å². The van der Waals surface area contributed by atoms with Gasteiger partial charge in [0.2, 0.25) is 0 Å². The molecule has 3 nitrogen and oxygen atoms in total. The van der Waals surface area contributed by atoms with E-state index in [1.165, 1.54) is 10.4 Å². The van der Waals surface area contributed by atoms with Crippen LogP contribution in [-0.4, -0.2) is 11.6 Å². The molecule has 3 rings (SSSR count). The Morgan fingerprint density at radius 2 is 2.33 bits per heavy atom. The van der Waals surface area contributed by atoms with Crippen LogP contribution in [-0.2, 0) is 6.54 Å². The van der Waals surface area contributed by atoms with E-state index in [9.17, 15) is 0 Å². The van der Waals surface area contributed by atoms with Gasteiger partial charge in [0, 0.05) is 29.4 Å². The summed E-state index contributed by atoms with van der Waals surface area (Å²) in [5.74, 6) is 1.02. The van der Waals surface area contributed by atoms with Crippen molar-refractivity contribution < 1.29 is 4.74 Å². The predicted molar refractivity (Wildman–Crippen MR) is 73.0 cm³/mol. The highest BCUT2D eigenvalue weighted by Gasteiger charge is 2.20. The van der Waals surface area contributed by atoms with E-state index in [1.807, 2.05) is 17.6 Å². The average molecular weight is 260 g/mol. The number of benzene rings is 1. The van der Waals surface area contributed by atoms with E-state index in [4.69, 9.17) is 4.74 Å². The number of aryl methyl sites for hydroxylation is 1. The molecule has 0 fully saturated rings. The molecule has 0 saturated heterocycles. The van der Waals surface area contributed by atoms with Crippen molar-refractivity contribution in [3.63, 3.8) is 0 Å². The number of nitrogens with zero attached hydrogens (tertiary/aromatic N) is 1. The van der Waals surface area contributed by atoms with Crippen molar-refractivity contribution in [2.75, 3.05) is 6.61 Å². The van der Waals surface area contributed by atoms with Gasteiger partial charge >= 0.3 is 0 Å². The van der Waals surface area contributed by atoms with Crippen molar-refractivity contribution in [2.24, 2.45) is 0 Å². The molecule has 1 aromatic heterocycles. The van der Waals surface area contributed by atoms with Gasteiger partial charge in [0.15, 0.2) is 0 Å². The number of thiazole rings is 1. The molecule has 0 spiro atoms. The highest BCUT2D eigenvalue weighted by Crippen LogP contribution is 2.31.